The van der Waals surface area contributed by atoms with Crippen LogP contribution in [0.15, 0.2) is 175 Å². The number of rotatable bonds is 18. The van der Waals surface area contributed by atoms with E-state index >= 15 is 0 Å². The monoisotopic (exact) mass is 2060 g/mol. The van der Waals surface area contributed by atoms with Gasteiger partial charge >= 0.3 is 19.1 Å². The molecule has 24 nitrogen and oxygen atoms in total. The standard InChI is InChI=1S/C33H38N2O4.2C28H30N2O3.C22H30BrNO3.C11H10BNO3/c1-19-17-24-22(10-9-20(2)35-24)29(23-11-12-25-28-21(14-16-37-25)13-15-34-30(23)28)27(19)26(39-33(6,7)8)18-38-31(36)32(3,4)5;2*1-16-14-21-19(7-6-17(2)30-21)26(24(16)23(15-31)33-28(3,4)5)20-8-9-22-25-18(11-13-32-22)10-12-29-27(20)25;1-13-11-16-15(10-9-14(2)24-16)19(23)18(13)17(27-22(6,7)8)12-26-20(25)21(3,4)5;14-12(15)8-1-2-9-10-7(4-6-16-9)3-5-13-11(8)10/h9-13,15,17,26H,14,16,18H2,1-8H3;2*6-10,12,14,23,31H,11,13,15H2,1-5H3;9-11,17H,12H2,1-8H3;1-3,5,14-15H,4,6H2/t26-;2*23-;17-;/m1111./s1. The molecule has 4 aliphatic heterocycles. The molecule has 0 fully saturated rings. The summed E-state index contributed by atoms with van der Waals surface area (Å²) in [6.45, 7) is 54.2. The Morgan fingerprint density at radius 2 is 0.608 bits per heavy atom. The van der Waals surface area contributed by atoms with Gasteiger partial charge in [0.25, 0.3) is 0 Å². The highest BCUT2D eigenvalue weighted by molar-refractivity contribution is 9.10. The van der Waals surface area contributed by atoms with Crippen molar-refractivity contribution >= 4 is 128 Å². The van der Waals surface area contributed by atoms with Gasteiger partial charge in [-0.1, -0.05) is 24.3 Å². The topological polar surface area (TPSA) is 310 Å². The average Bonchev–Trinajstić information content (AvgIpc) is 0.737. The van der Waals surface area contributed by atoms with E-state index in [0.29, 0.717) is 37.4 Å². The van der Waals surface area contributed by atoms with E-state index in [0.717, 1.165) is 241 Å². The van der Waals surface area contributed by atoms with Crippen molar-refractivity contribution in [2.75, 3.05) is 52.9 Å². The van der Waals surface area contributed by atoms with Gasteiger partial charge in [-0.2, -0.15) is 0 Å². The number of hydrogen-bond donors (Lipinski definition) is 4. The lowest BCUT2D eigenvalue weighted by molar-refractivity contribution is -0.162. The largest absolute Gasteiger partial charge is 0.493 e. The molecule has 4 N–H and O–H groups in total. The summed E-state index contributed by atoms with van der Waals surface area (Å²) in [5.41, 5.74) is 27.4. The van der Waals surface area contributed by atoms with Crippen LogP contribution in [-0.4, -0.2) is 154 Å². The van der Waals surface area contributed by atoms with Crippen molar-refractivity contribution in [1.82, 2.24) is 39.9 Å². The molecule has 20 rings (SSSR count). The molecule has 148 heavy (non-hydrogen) atoms. The smallest absolute Gasteiger partial charge is 0.490 e. The second kappa shape index (κ2) is 43.5. The van der Waals surface area contributed by atoms with E-state index < -0.39 is 53.1 Å². The molecule has 16 aromatic rings. The number of nitrogens with zero attached hydrogens (tertiary/aromatic N) is 8. The Labute approximate surface area is 876 Å². The number of carbonyl (C=O) groups excluding carboxylic acids is 2. The van der Waals surface area contributed by atoms with Crippen LogP contribution in [0.4, 0.5) is 0 Å². The fraction of sp³-hybridized carbons (Fsp3) is 0.393. The van der Waals surface area contributed by atoms with E-state index in [1.165, 1.54) is 16.7 Å². The van der Waals surface area contributed by atoms with Crippen molar-refractivity contribution in [2.45, 2.75) is 253 Å². The second-order valence-electron chi connectivity index (χ2n) is 44.9. The van der Waals surface area contributed by atoms with E-state index in [9.17, 15) is 29.9 Å². The summed E-state index contributed by atoms with van der Waals surface area (Å²) >= 11 is 3.75. The number of hydrogen-bond acceptors (Lipinski definition) is 24. The first-order chi connectivity index (χ1) is 69.9. The van der Waals surface area contributed by atoms with Crippen LogP contribution in [0.2, 0.25) is 0 Å². The summed E-state index contributed by atoms with van der Waals surface area (Å²) in [6, 6.07) is 48.8. The predicted molar refractivity (Wildman–Crippen MR) is 592 cm³/mol. The van der Waals surface area contributed by atoms with Crippen LogP contribution in [0.3, 0.4) is 0 Å². The summed E-state index contributed by atoms with van der Waals surface area (Å²) in [7, 11) is -1.50. The minimum Gasteiger partial charge on any atom is -0.493 e. The van der Waals surface area contributed by atoms with Gasteiger partial charge in [-0.15, -0.1) is 0 Å². The van der Waals surface area contributed by atoms with Gasteiger partial charge in [-0.3, -0.25) is 49.5 Å². The Morgan fingerprint density at radius 1 is 0.345 bits per heavy atom. The number of pyridine rings is 8. The van der Waals surface area contributed by atoms with Crippen LogP contribution in [0.25, 0.3) is 121 Å². The van der Waals surface area contributed by atoms with E-state index in [-0.39, 0.29) is 50.1 Å². The number of aryl methyl sites for hydroxylation is 8. The maximum Gasteiger partial charge on any atom is 0.490 e. The SMILES string of the molecule is Cc1ccc2c(-c3ccc4c5c(ccnc35)CCO4)c([C@@H](CO)OC(C)(C)C)c(C)cc2n1.Cc1ccc2c(-c3ccc4c5c(ccnc35)CCO4)c([C@@H](CO)OC(C)(C)C)c(C)cc2n1.Cc1ccc2c(-c3ccc4c5c(ccnc35)CCO4)c([C@@H](COC(=O)C(C)(C)C)OC(C)(C)C)c(C)cc2n1.Cc1ccc2c(Br)c([C@@H](COC(=O)C(C)(C)C)OC(C)(C)C)c(C)cc2n1.OB(O)c1ccc2c3c(ccnc13)CCO2. The summed E-state index contributed by atoms with van der Waals surface area (Å²) in [6.07, 6.45) is 8.90. The molecule has 8 aromatic carbocycles. The van der Waals surface area contributed by atoms with Crippen molar-refractivity contribution in [2.24, 2.45) is 10.8 Å². The fourth-order valence-corrected chi connectivity index (χ4v) is 21.1. The first-order valence-corrected chi connectivity index (χ1v) is 51.8. The normalized spacial score (nSPS) is 14.2. The van der Waals surface area contributed by atoms with Crippen molar-refractivity contribution in [1.29, 1.82) is 0 Å². The summed E-state index contributed by atoms with van der Waals surface area (Å²) < 4.78 is 61.6. The van der Waals surface area contributed by atoms with Gasteiger partial charge in [0.15, 0.2) is 0 Å². The van der Waals surface area contributed by atoms with Crippen molar-refractivity contribution < 1.29 is 77.2 Å². The van der Waals surface area contributed by atoms with Crippen molar-refractivity contribution in [3.05, 3.63) is 264 Å². The highest BCUT2D eigenvalue weighted by atomic mass is 79.9. The molecule has 26 heteroatoms. The average molecular weight is 2060 g/mol. The fourth-order valence-electron chi connectivity index (χ4n) is 20.2. The number of aliphatic hydroxyl groups is 2. The molecule has 0 saturated heterocycles. The van der Waals surface area contributed by atoms with Crippen LogP contribution < -0.4 is 24.4 Å². The summed E-state index contributed by atoms with van der Waals surface area (Å²) in [5.74, 6) is 2.88. The van der Waals surface area contributed by atoms with Crippen LogP contribution in [-0.2, 0) is 63.7 Å². The number of ether oxygens (including phenoxy) is 10. The van der Waals surface area contributed by atoms with Crippen LogP contribution in [0, 0.1) is 66.2 Å². The minimum atomic E-state index is -1.50. The molecule has 0 bridgehead atoms. The molecule has 0 unspecified atom stereocenters. The predicted octanol–water partition coefficient (Wildman–Crippen LogP) is 25.1. The molecule has 0 spiro atoms. The Hall–Kier alpha value is -12.6. The third-order valence-electron chi connectivity index (χ3n) is 26.4. The van der Waals surface area contributed by atoms with Gasteiger partial charge in [0, 0.05) is 149 Å². The first-order valence-electron chi connectivity index (χ1n) is 51.0. The zero-order valence-electron chi connectivity index (χ0n) is 90.2. The molecule has 4 atom stereocenters. The van der Waals surface area contributed by atoms with Gasteiger partial charge < -0.3 is 67.6 Å². The lowest BCUT2D eigenvalue weighted by Gasteiger charge is -2.31. The Morgan fingerprint density at radius 3 is 0.905 bits per heavy atom. The molecule has 8 aromatic heterocycles. The second-order valence-corrected chi connectivity index (χ2v) is 45.7. The zero-order valence-corrected chi connectivity index (χ0v) is 91.8. The Kier molecular flexibility index (Phi) is 31.8. The Bertz CT molecular complexity index is 7530. The molecule has 12 heterocycles. The number of halogens is 1. The summed E-state index contributed by atoms with van der Waals surface area (Å²) in [4.78, 5) is 63.0. The zero-order chi connectivity index (χ0) is 106. The lowest BCUT2D eigenvalue weighted by Crippen LogP contribution is -2.31. The molecule has 772 valence electrons. The molecular formula is C122H138BBrN8O16. The van der Waals surface area contributed by atoms with Crippen LogP contribution >= 0.6 is 15.9 Å². The van der Waals surface area contributed by atoms with Crippen molar-refractivity contribution in [3.8, 4) is 56.4 Å². The van der Waals surface area contributed by atoms with Gasteiger partial charge in [-0.05, 0) is 395 Å². The number of carbonyl (C=O) groups is 2. The van der Waals surface area contributed by atoms with Crippen molar-refractivity contribution in [3.63, 3.8) is 0 Å². The molecule has 0 aliphatic carbocycles. The van der Waals surface area contributed by atoms with Crippen LogP contribution in [0.1, 0.15) is 239 Å². The number of aliphatic hydroxyl groups excluding tert-OH is 2. The van der Waals surface area contributed by atoms with Gasteiger partial charge in [-0.25, -0.2) is 0 Å². The third kappa shape index (κ3) is 23.8. The first kappa shape index (κ1) is 108. The molecule has 4 aliphatic rings. The summed E-state index contributed by atoms with van der Waals surface area (Å²) in [5, 5.41) is 47.6. The number of aromatic nitrogens is 8. The van der Waals surface area contributed by atoms with Gasteiger partial charge in [0.05, 0.1) is 117 Å². The maximum atomic E-state index is 12.8. The van der Waals surface area contributed by atoms with E-state index in [2.05, 4.69) is 132 Å². The molecule has 0 radical (unpaired) electrons. The molecule has 0 amide bonds. The highest BCUT2D eigenvalue weighted by Crippen LogP contribution is 2.51. The quantitative estimate of drug-likeness (QED) is 0.0458. The number of benzene rings is 8. The Balaban J connectivity index is 0.000000135. The van der Waals surface area contributed by atoms with E-state index in [1.54, 1.807) is 18.3 Å². The number of esters is 2. The minimum absolute atomic E-state index is 0.101. The third-order valence-corrected chi connectivity index (χ3v) is 27.3. The van der Waals surface area contributed by atoms with Gasteiger partial charge in [0.1, 0.15) is 60.6 Å². The van der Waals surface area contributed by atoms with Crippen LogP contribution in [0.5, 0.6) is 23.0 Å². The lowest BCUT2D eigenvalue weighted by atomic mass is 9.78. The van der Waals surface area contributed by atoms with E-state index in [4.69, 9.17) is 77.3 Å². The molecule has 0 saturated carbocycles. The van der Waals surface area contributed by atoms with Gasteiger partial charge in [0.2, 0.25) is 0 Å². The van der Waals surface area contributed by atoms with E-state index in [1.807, 2.05) is 226 Å². The molecular weight excluding hydrogens is 1920 g/mol. The maximum absolute atomic E-state index is 12.8. The number of fused-ring (bicyclic) bond motifs is 4. The highest BCUT2D eigenvalue weighted by Gasteiger charge is 2.38.